The summed E-state index contributed by atoms with van der Waals surface area (Å²) in [6.07, 6.45) is 3.48. The molecule has 1 aliphatic carbocycles. The smallest absolute Gasteiger partial charge is 0.338 e. The van der Waals surface area contributed by atoms with Gasteiger partial charge in [-0.25, -0.2) is 4.79 Å². The third kappa shape index (κ3) is 3.99. The maximum atomic E-state index is 11.8. The first-order chi connectivity index (χ1) is 13.2. The van der Waals surface area contributed by atoms with Crippen molar-refractivity contribution >= 4 is 22.9 Å². The van der Waals surface area contributed by atoms with E-state index < -0.39 is 0 Å². The molecule has 3 heteroatoms. The lowest BCUT2D eigenvalue weighted by Gasteiger charge is -2.34. The third-order valence-electron chi connectivity index (χ3n) is 5.53. The predicted molar refractivity (Wildman–Crippen MR) is 117 cm³/mol. The number of nitrogens with one attached hydrogen (secondary N) is 1. The van der Waals surface area contributed by atoms with Crippen molar-refractivity contribution in [1.29, 1.82) is 0 Å². The van der Waals surface area contributed by atoms with Gasteiger partial charge in [0, 0.05) is 11.4 Å². The number of benzene rings is 2. The van der Waals surface area contributed by atoms with Crippen molar-refractivity contribution in [3.05, 3.63) is 64.7 Å². The molecule has 0 atom stereocenters. The van der Waals surface area contributed by atoms with Crippen molar-refractivity contribution in [3.63, 3.8) is 0 Å². The van der Waals surface area contributed by atoms with Crippen LogP contribution in [0.15, 0.2) is 42.5 Å². The molecule has 3 nitrogen and oxygen atoms in total. The summed E-state index contributed by atoms with van der Waals surface area (Å²) in [5.74, 6) is 0.210. The molecule has 2 aromatic carbocycles. The fourth-order valence-corrected chi connectivity index (χ4v) is 3.83. The first-order valence-electron chi connectivity index (χ1n) is 10.1. The number of fused-ring (bicyclic) bond motifs is 1. The zero-order valence-corrected chi connectivity index (χ0v) is 17.8. The quantitative estimate of drug-likeness (QED) is 0.594. The average Bonchev–Trinajstić information content (AvgIpc) is 2.63. The van der Waals surface area contributed by atoms with Crippen LogP contribution < -0.4 is 5.32 Å². The molecule has 1 aliphatic rings. The molecule has 0 unspecified atom stereocenters. The molecule has 0 amide bonds. The van der Waals surface area contributed by atoms with Gasteiger partial charge in [-0.3, -0.25) is 0 Å². The Morgan fingerprint density at radius 1 is 1.18 bits per heavy atom. The van der Waals surface area contributed by atoms with Crippen molar-refractivity contribution in [3.8, 4) is 0 Å². The molecule has 0 spiro atoms. The fourth-order valence-electron chi connectivity index (χ4n) is 3.83. The van der Waals surface area contributed by atoms with E-state index in [9.17, 15) is 4.79 Å². The highest BCUT2D eigenvalue weighted by molar-refractivity contribution is 5.90. The summed E-state index contributed by atoms with van der Waals surface area (Å²) < 4.78 is 5.06. The van der Waals surface area contributed by atoms with E-state index in [-0.39, 0.29) is 11.4 Å². The Bertz CT molecular complexity index is 905. The van der Waals surface area contributed by atoms with Crippen LogP contribution in [0.25, 0.3) is 5.57 Å². The minimum atomic E-state index is -0.284. The molecule has 0 bridgehead atoms. The SMILES string of the molecule is CCOC(=O)c1ccc(Nc2cc3c(cc2C)C(C)(C)CC=C3C(C)C)cc1. The van der Waals surface area contributed by atoms with E-state index in [1.165, 1.54) is 22.3 Å². The van der Waals surface area contributed by atoms with Gasteiger partial charge in [0.2, 0.25) is 0 Å². The Labute approximate surface area is 168 Å². The van der Waals surface area contributed by atoms with E-state index in [1.54, 1.807) is 12.1 Å². The van der Waals surface area contributed by atoms with Crippen LogP contribution in [-0.2, 0) is 10.2 Å². The van der Waals surface area contributed by atoms with Gasteiger partial charge in [0.25, 0.3) is 0 Å². The molecule has 0 aromatic heterocycles. The largest absolute Gasteiger partial charge is 0.462 e. The normalized spacial score (nSPS) is 15.0. The minimum absolute atomic E-state index is 0.151. The van der Waals surface area contributed by atoms with Crippen molar-refractivity contribution in [2.24, 2.45) is 5.92 Å². The number of allylic oxidation sites excluding steroid dienone is 2. The van der Waals surface area contributed by atoms with Crippen LogP contribution in [0, 0.1) is 12.8 Å². The Balaban J connectivity index is 1.93. The highest BCUT2D eigenvalue weighted by atomic mass is 16.5. The molecular weight excluding hydrogens is 346 g/mol. The first kappa shape index (κ1) is 20.2. The van der Waals surface area contributed by atoms with E-state index in [0.717, 1.165) is 17.8 Å². The second kappa shape index (κ2) is 7.83. The summed E-state index contributed by atoms with van der Waals surface area (Å²) in [5, 5.41) is 3.53. The zero-order chi connectivity index (χ0) is 20.5. The van der Waals surface area contributed by atoms with E-state index >= 15 is 0 Å². The molecule has 0 fully saturated rings. The second-order valence-electron chi connectivity index (χ2n) is 8.54. The van der Waals surface area contributed by atoms with E-state index in [2.05, 4.69) is 58.1 Å². The summed E-state index contributed by atoms with van der Waals surface area (Å²) in [4.78, 5) is 11.8. The monoisotopic (exact) mass is 377 g/mol. The first-order valence-corrected chi connectivity index (χ1v) is 10.1. The number of hydrogen-bond acceptors (Lipinski definition) is 3. The molecular formula is C25H31NO2. The summed E-state index contributed by atoms with van der Waals surface area (Å²) in [7, 11) is 0. The molecule has 1 N–H and O–H groups in total. The Morgan fingerprint density at radius 3 is 2.46 bits per heavy atom. The van der Waals surface area contributed by atoms with E-state index in [0.29, 0.717) is 18.1 Å². The number of esters is 1. The van der Waals surface area contributed by atoms with E-state index in [4.69, 9.17) is 4.74 Å². The van der Waals surface area contributed by atoms with Gasteiger partial charge in [-0.15, -0.1) is 0 Å². The molecule has 0 heterocycles. The van der Waals surface area contributed by atoms with Crippen molar-refractivity contribution in [2.75, 3.05) is 11.9 Å². The van der Waals surface area contributed by atoms with Crippen LogP contribution in [0.5, 0.6) is 0 Å². The number of rotatable bonds is 5. The number of carbonyl (C=O) groups excluding carboxylic acids is 1. The van der Waals surface area contributed by atoms with E-state index in [1.807, 2.05) is 19.1 Å². The highest BCUT2D eigenvalue weighted by Gasteiger charge is 2.29. The lowest BCUT2D eigenvalue weighted by atomic mass is 9.71. The maximum absolute atomic E-state index is 11.8. The summed E-state index contributed by atoms with van der Waals surface area (Å²) in [5.41, 5.74) is 8.22. The molecule has 3 rings (SSSR count). The zero-order valence-electron chi connectivity index (χ0n) is 17.8. The van der Waals surface area contributed by atoms with Gasteiger partial charge >= 0.3 is 5.97 Å². The summed E-state index contributed by atoms with van der Waals surface area (Å²) in [6, 6.07) is 12.1. The summed E-state index contributed by atoms with van der Waals surface area (Å²) >= 11 is 0. The number of carbonyl (C=O) groups is 1. The number of ether oxygens (including phenoxy) is 1. The van der Waals surface area contributed by atoms with Gasteiger partial charge in [-0.1, -0.05) is 39.8 Å². The Morgan fingerprint density at radius 2 is 1.86 bits per heavy atom. The van der Waals surface area contributed by atoms with Crippen LogP contribution in [0.2, 0.25) is 0 Å². The number of hydrogen-bond donors (Lipinski definition) is 1. The summed E-state index contributed by atoms with van der Waals surface area (Å²) in [6.45, 7) is 13.5. The highest BCUT2D eigenvalue weighted by Crippen LogP contribution is 2.43. The number of anilines is 2. The number of aryl methyl sites for hydroxylation is 1. The Kier molecular flexibility index (Phi) is 5.64. The van der Waals surface area contributed by atoms with Gasteiger partial charge in [0.15, 0.2) is 0 Å². The average molecular weight is 378 g/mol. The van der Waals surface area contributed by atoms with Crippen LogP contribution in [0.3, 0.4) is 0 Å². The van der Waals surface area contributed by atoms with Crippen molar-refractivity contribution < 1.29 is 9.53 Å². The van der Waals surface area contributed by atoms with Gasteiger partial charge in [-0.2, -0.15) is 0 Å². The molecule has 2 aromatic rings. The molecule has 0 aliphatic heterocycles. The topological polar surface area (TPSA) is 38.3 Å². The third-order valence-corrected chi connectivity index (χ3v) is 5.53. The van der Waals surface area contributed by atoms with Crippen LogP contribution in [0.1, 0.15) is 68.1 Å². The van der Waals surface area contributed by atoms with Crippen molar-refractivity contribution in [2.45, 2.75) is 53.4 Å². The maximum Gasteiger partial charge on any atom is 0.338 e. The lowest BCUT2D eigenvalue weighted by molar-refractivity contribution is 0.0526. The molecule has 28 heavy (non-hydrogen) atoms. The molecule has 0 radical (unpaired) electrons. The van der Waals surface area contributed by atoms with Gasteiger partial charge in [-0.05, 0) is 84.2 Å². The van der Waals surface area contributed by atoms with Gasteiger partial charge < -0.3 is 10.1 Å². The standard InChI is InChI=1S/C25H31NO2/c1-7-28-24(27)18-8-10-19(11-9-18)26-23-15-21-20(16(2)3)12-13-25(5,6)22(21)14-17(23)4/h8-12,14-16,26H,7,13H2,1-6H3. The fraction of sp³-hybridized carbons (Fsp3) is 0.400. The molecule has 0 saturated carbocycles. The predicted octanol–water partition coefficient (Wildman–Crippen LogP) is 6.64. The Hall–Kier alpha value is -2.55. The minimum Gasteiger partial charge on any atom is -0.462 e. The second-order valence-corrected chi connectivity index (χ2v) is 8.54. The lowest BCUT2D eigenvalue weighted by Crippen LogP contribution is -2.23. The van der Waals surface area contributed by atoms with Gasteiger partial charge in [0.1, 0.15) is 0 Å². The molecule has 148 valence electrons. The van der Waals surface area contributed by atoms with Gasteiger partial charge in [0.05, 0.1) is 12.2 Å². The van der Waals surface area contributed by atoms with Crippen LogP contribution >= 0.6 is 0 Å². The van der Waals surface area contributed by atoms with Crippen LogP contribution in [0.4, 0.5) is 11.4 Å². The van der Waals surface area contributed by atoms with Crippen molar-refractivity contribution in [1.82, 2.24) is 0 Å². The van der Waals surface area contributed by atoms with Crippen LogP contribution in [-0.4, -0.2) is 12.6 Å². The molecule has 0 saturated heterocycles.